The molecule has 14 heteroatoms. The molecule has 2 amide bonds. The van der Waals surface area contributed by atoms with Gasteiger partial charge in [0.05, 0.1) is 24.9 Å². The molecule has 0 saturated carbocycles. The normalized spacial score (nSPS) is 19.1. The largest absolute Gasteiger partial charge is 0.449 e. The van der Waals surface area contributed by atoms with Crippen LogP contribution in [0.3, 0.4) is 0 Å². The van der Waals surface area contributed by atoms with Crippen LogP contribution in [0.15, 0.2) is 12.1 Å². The first-order chi connectivity index (χ1) is 17.4. The zero-order valence-corrected chi connectivity index (χ0v) is 19.8. The topological polar surface area (TPSA) is 93.7 Å². The standard InChI is InChI=1S/C23H25F6N5O3/c1-12-20-19(21(36)32-4-6-37-7-5-32)31-22(23(27,28)29)34(20)3-2-33(12)18(35)10-14(30)8-13-9-16(25)17(26)11-15(13)24/h9,11-12,14H,2-8,10,30H2,1H3/t12?,14-/m1/s1. The molecule has 2 N–H and O–H groups in total. The number of imidazole rings is 1. The van der Waals surface area contributed by atoms with Gasteiger partial charge < -0.3 is 24.8 Å². The highest BCUT2D eigenvalue weighted by molar-refractivity contribution is 5.94. The van der Waals surface area contributed by atoms with Crippen molar-refractivity contribution in [3.05, 3.63) is 52.4 Å². The third-order valence-electron chi connectivity index (χ3n) is 6.52. The van der Waals surface area contributed by atoms with Gasteiger partial charge >= 0.3 is 6.18 Å². The van der Waals surface area contributed by atoms with Gasteiger partial charge in [0.2, 0.25) is 11.7 Å². The van der Waals surface area contributed by atoms with E-state index < -0.39 is 53.4 Å². The Balaban J connectivity index is 1.56. The van der Waals surface area contributed by atoms with Crippen molar-refractivity contribution in [1.82, 2.24) is 19.4 Å². The Morgan fingerprint density at radius 1 is 1.08 bits per heavy atom. The maximum atomic E-state index is 14.0. The third-order valence-corrected chi connectivity index (χ3v) is 6.52. The van der Waals surface area contributed by atoms with E-state index in [9.17, 15) is 35.9 Å². The Hall–Kier alpha value is -3.13. The van der Waals surface area contributed by atoms with Crippen molar-refractivity contribution in [2.45, 2.75) is 44.6 Å². The fraction of sp³-hybridized carbons (Fsp3) is 0.522. The van der Waals surface area contributed by atoms with E-state index >= 15 is 0 Å². The van der Waals surface area contributed by atoms with Gasteiger partial charge in [-0.3, -0.25) is 9.59 Å². The Labute approximate surface area is 208 Å². The number of rotatable bonds is 5. The Kier molecular flexibility index (Phi) is 7.51. The molecule has 2 aliphatic heterocycles. The van der Waals surface area contributed by atoms with Crippen molar-refractivity contribution in [3.8, 4) is 0 Å². The molecule has 0 radical (unpaired) electrons. The zero-order chi connectivity index (χ0) is 27.1. The number of alkyl halides is 3. The summed E-state index contributed by atoms with van der Waals surface area (Å²) >= 11 is 0. The summed E-state index contributed by atoms with van der Waals surface area (Å²) < 4.78 is 88.0. The minimum Gasteiger partial charge on any atom is -0.378 e. The summed E-state index contributed by atoms with van der Waals surface area (Å²) in [7, 11) is 0. The van der Waals surface area contributed by atoms with Gasteiger partial charge in [0.25, 0.3) is 5.91 Å². The smallest absolute Gasteiger partial charge is 0.378 e. The van der Waals surface area contributed by atoms with E-state index in [4.69, 9.17) is 10.5 Å². The minimum absolute atomic E-state index is 0.0383. The lowest BCUT2D eigenvalue weighted by atomic mass is 10.0. The molecule has 1 fully saturated rings. The molecular weight excluding hydrogens is 508 g/mol. The average Bonchev–Trinajstić information content (AvgIpc) is 3.24. The molecule has 4 rings (SSSR count). The van der Waals surface area contributed by atoms with E-state index in [1.807, 2.05) is 0 Å². The van der Waals surface area contributed by atoms with E-state index in [0.29, 0.717) is 12.1 Å². The van der Waals surface area contributed by atoms with Crippen LogP contribution in [0.1, 0.15) is 47.0 Å². The van der Waals surface area contributed by atoms with E-state index in [2.05, 4.69) is 4.98 Å². The lowest BCUT2D eigenvalue weighted by molar-refractivity contribution is -0.148. The van der Waals surface area contributed by atoms with Gasteiger partial charge in [-0.2, -0.15) is 13.2 Å². The van der Waals surface area contributed by atoms with Gasteiger partial charge in [-0.05, 0) is 25.0 Å². The van der Waals surface area contributed by atoms with E-state index in [0.717, 1.165) is 4.57 Å². The molecule has 2 aromatic rings. The summed E-state index contributed by atoms with van der Waals surface area (Å²) in [5, 5.41) is 0. The quantitative estimate of drug-likeness (QED) is 0.471. The molecule has 0 aliphatic carbocycles. The van der Waals surface area contributed by atoms with Gasteiger partial charge in [0, 0.05) is 44.7 Å². The molecule has 37 heavy (non-hydrogen) atoms. The summed E-state index contributed by atoms with van der Waals surface area (Å²) in [4.78, 5) is 32.5. The highest BCUT2D eigenvalue weighted by Crippen LogP contribution is 2.37. The maximum Gasteiger partial charge on any atom is 0.449 e. The highest BCUT2D eigenvalue weighted by Gasteiger charge is 2.44. The Morgan fingerprint density at radius 3 is 2.38 bits per heavy atom. The number of carbonyl (C=O) groups is 2. The summed E-state index contributed by atoms with van der Waals surface area (Å²) in [5.74, 6) is -6.08. The molecule has 2 atom stereocenters. The second kappa shape index (κ2) is 10.3. The lowest BCUT2D eigenvalue weighted by Crippen LogP contribution is -2.45. The van der Waals surface area contributed by atoms with Gasteiger partial charge in [-0.25, -0.2) is 18.2 Å². The molecule has 0 spiro atoms. The first kappa shape index (κ1) is 26.9. The van der Waals surface area contributed by atoms with Gasteiger partial charge in [-0.1, -0.05) is 0 Å². The summed E-state index contributed by atoms with van der Waals surface area (Å²) in [6.07, 6.45) is -5.43. The van der Waals surface area contributed by atoms with Crippen molar-refractivity contribution >= 4 is 11.8 Å². The highest BCUT2D eigenvalue weighted by atomic mass is 19.4. The number of hydrogen-bond donors (Lipinski definition) is 1. The number of nitrogens with zero attached hydrogens (tertiary/aromatic N) is 4. The summed E-state index contributed by atoms with van der Waals surface area (Å²) in [6.45, 7) is 1.99. The van der Waals surface area contributed by atoms with Crippen LogP contribution in [0.25, 0.3) is 0 Å². The van der Waals surface area contributed by atoms with Crippen LogP contribution in [0, 0.1) is 17.5 Å². The second-order valence-corrected chi connectivity index (χ2v) is 9.01. The van der Waals surface area contributed by atoms with Crippen LogP contribution in [0.4, 0.5) is 26.3 Å². The van der Waals surface area contributed by atoms with Gasteiger partial charge in [0.1, 0.15) is 5.82 Å². The molecular formula is C23H25F6N5O3. The molecule has 1 unspecified atom stereocenters. The van der Waals surface area contributed by atoms with Crippen molar-refractivity contribution in [2.75, 3.05) is 32.8 Å². The van der Waals surface area contributed by atoms with Crippen LogP contribution in [-0.4, -0.2) is 70.1 Å². The SMILES string of the molecule is CC1c2c(C(=O)N3CCOCC3)nc(C(F)(F)F)n2CCN1C(=O)C[C@H](N)Cc1cc(F)c(F)cc1F. The van der Waals surface area contributed by atoms with Gasteiger partial charge in [0.15, 0.2) is 17.3 Å². The lowest BCUT2D eigenvalue weighted by Gasteiger charge is -2.36. The van der Waals surface area contributed by atoms with Crippen LogP contribution in [-0.2, 0) is 28.7 Å². The molecule has 1 aromatic heterocycles. The van der Waals surface area contributed by atoms with Crippen molar-refractivity contribution in [1.29, 1.82) is 0 Å². The monoisotopic (exact) mass is 533 g/mol. The number of aromatic nitrogens is 2. The molecule has 202 valence electrons. The Morgan fingerprint density at radius 2 is 1.73 bits per heavy atom. The van der Waals surface area contributed by atoms with Crippen molar-refractivity contribution < 1.29 is 40.7 Å². The number of morpholine rings is 1. The third kappa shape index (κ3) is 5.44. The van der Waals surface area contributed by atoms with Crippen LogP contribution in [0.2, 0.25) is 0 Å². The fourth-order valence-corrected chi connectivity index (χ4v) is 4.71. The molecule has 1 saturated heterocycles. The summed E-state index contributed by atoms with van der Waals surface area (Å²) in [6, 6.07) is -0.875. The van der Waals surface area contributed by atoms with Crippen molar-refractivity contribution in [2.24, 2.45) is 5.73 Å². The molecule has 3 heterocycles. The molecule has 0 bridgehead atoms. The van der Waals surface area contributed by atoms with E-state index in [1.165, 1.54) is 16.7 Å². The zero-order valence-electron chi connectivity index (χ0n) is 19.8. The molecule has 1 aromatic carbocycles. The molecule has 2 aliphatic rings. The Bertz CT molecular complexity index is 1190. The number of fused-ring (bicyclic) bond motifs is 1. The first-order valence-corrected chi connectivity index (χ1v) is 11.6. The summed E-state index contributed by atoms with van der Waals surface area (Å²) in [5.41, 5.74) is 5.35. The maximum absolute atomic E-state index is 14.0. The van der Waals surface area contributed by atoms with Gasteiger partial charge in [-0.15, -0.1) is 0 Å². The average molecular weight is 533 g/mol. The fourth-order valence-electron chi connectivity index (χ4n) is 4.71. The number of carbonyl (C=O) groups excluding carboxylic acids is 2. The predicted octanol–water partition coefficient (Wildman–Crippen LogP) is 2.65. The molecule has 8 nitrogen and oxygen atoms in total. The second-order valence-electron chi connectivity index (χ2n) is 9.01. The minimum atomic E-state index is -4.82. The number of hydrogen-bond acceptors (Lipinski definition) is 5. The number of halogens is 6. The number of nitrogens with two attached hydrogens (primary N) is 1. The van der Waals surface area contributed by atoms with Crippen LogP contribution in [0.5, 0.6) is 0 Å². The van der Waals surface area contributed by atoms with E-state index in [-0.39, 0.29) is 69.2 Å². The number of ether oxygens (including phenoxy) is 1. The first-order valence-electron chi connectivity index (χ1n) is 11.6. The number of benzene rings is 1. The van der Waals surface area contributed by atoms with Crippen LogP contribution >= 0.6 is 0 Å². The van der Waals surface area contributed by atoms with Crippen LogP contribution < -0.4 is 5.73 Å². The van der Waals surface area contributed by atoms with Crippen molar-refractivity contribution in [3.63, 3.8) is 0 Å². The van der Waals surface area contributed by atoms with E-state index in [1.54, 1.807) is 0 Å². The predicted molar refractivity (Wildman–Crippen MR) is 117 cm³/mol. The number of amides is 2.